The molecule has 146 valence electrons. The molecule has 0 aliphatic carbocycles. The van der Waals surface area contributed by atoms with Crippen LogP contribution < -0.4 is 9.64 Å². The number of anilines is 1. The Bertz CT molecular complexity index is 1050. The number of benzene rings is 2. The maximum Gasteiger partial charge on any atom is 0.294 e. The first kappa shape index (κ1) is 18.6. The van der Waals surface area contributed by atoms with E-state index < -0.39 is 23.5 Å². The molecule has 1 aromatic heterocycles. The number of aliphatic hydroxyl groups excluding tert-OH is 1. The number of ketones is 1. The van der Waals surface area contributed by atoms with Crippen LogP contribution in [0.1, 0.15) is 29.1 Å². The Morgan fingerprint density at radius 3 is 2.41 bits per heavy atom. The van der Waals surface area contributed by atoms with Gasteiger partial charge in [-0.15, -0.1) is 0 Å². The lowest BCUT2D eigenvalue weighted by Gasteiger charge is -2.27. The van der Waals surface area contributed by atoms with E-state index in [0.717, 1.165) is 0 Å². The van der Waals surface area contributed by atoms with Gasteiger partial charge in [0, 0.05) is 5.69 Å². The molecule has 1 aliphatic rings. The summed E-state index contributed by atoms with van der Waals surface area (Å²) in [6.07, 6.45) is 1.38. The van der Waals surface area contributed by atoms with Crippen LogP contribution in [0.5, 0.6) is 5.75 Å². The molecule has 1 N–H and O–H groups in total. The highest BCUT2D eigenvalue weighted by Crippen LogP contribution is 2.42. The van der Waals surface area contributed by atoms with E-state index in [4.69, 9.17) is 9.15 Å². The quantitative estimate of drug-likeness (QED) is 0.630. The molecule has 0 bridgehead atoms. The summed E-state index contributed by atoms with van der Waals surface area (Å²) in [5.74, 6) is -1.01. The van der Waals surface area contributed by atoms with Crippen molar-refractivity contribution in [1.82, 2.24) is 0 Å². The fourth-order valence-electron chi connectivity index (χ4n) is 3.46. The van der Waals surface area contributed by atoms with E-state index in [1.165, 1.54) is 17.2 Å². The zero-order chi connectivity index (χ0) is 20.4. The monoisotopic (exact) mass is 389 g/mol. The second-order valence-corrected chi connectivity index (χ2v) is 6.48. The van der Waals surface area contributed by atoms with E-state index in [-0.39, 0.29) is 11.3 Å². The number of rotatable bonds is 6. The maximum atomic E-state index is 13.1. The van der Waals surface area contributed by atoms with Crippen LogP contribution in [0.3, 0.4) is 0 Å². The van der Waals surface area contributed by atoms with E-state index in [1.807, 2.05) is 37.3 Å². The Hall–Kier alpha value is -3.80. The summed E-state index contributed by atoms with van der Waals surface area (Å²) in [5, 5.41) is 10.6. The van der Waals surface area contributed by atoms with Crippen molar-refractivity contribution in [2.24, 2.45) is 0 Å². The molecule has 3 aromatic rings. The first-order chi connectivity index (χ1) is 14.1. The van der Waals surface area contributed by atoms with Crippen molar-refractivity contribution < 1.29 is 23.8 Å². The van der Waals surface area contributed by atoms with Crippen molar-refractivity contribution in [3.05, 3.63) is 95.6 Å². The minimum atomic E-state index is -0.778. The van der Waals surface area contributed by atoms with E-state index in [1.54, 1.807) is 30.3 Å². The van der Waals surface area contributed by atoms with Crippen molar-refractivity contribution in [3.8, 4) is 5.75 Å². The standard InChI is InChI=1S/C23H19NO5/c1-2-28-17-12-10-16(11-13-17)24-20(15-7-4-3-5-8-15)19(22(26)23(24)27)21(25)18-9-6-14-29-18/h3-14,20,26H,2H2,1H3. The van der Waals surface area contributed by atoms with E-state index >= 15 is 0 Å². The normalized spacial score (nSPS) is 16.4. The van der Waals surface area contributed by atoms with Gasteiger partial charge in [0.05, 0.1) is 24.5 Å². The summed E-state index contributed by atoms with van der Waals surface area (Å²) in [6, 6.07) is 18.4. The van der Waals surface area contributed by atoms with Crippen LogP contribution >= 0.6 is 0 Å². The molecule has 1 atom stereocenters. The zero-order valence-electron chi connectivity index (χ0n) is 15.7. The van der Waals surface area contributed by atoms with Crippen molar-refractivity contribution in [2.45, 2.75) is 13.0 Å². The molecule has 0 radical (unpaired) electrons. The number of ether oxygens (including phenoxy) is 1. The summed E-state index contributed by atoms with van der Waals surface area (Å²) in [6.45, 7) is 2.41. The van der Waals surface area contributed by atoms with Gasteiger partial charge in [-0.05, 0) is 48.9 Å². The van der Waals surface area contributed by atoms with Crippen LogP contribution in [-0.4, -0.2) is 23.4 Å². The Labute approximate surface area is 167 Å². The van der Waals surface area contributed by atoms with Gasteiger partial charge in [-0.25, -0.2) is 0 Å². The van der Waals surface area contributed by atoms with Crippen LogP contribution in [0.2, 0.25) is 0 Å². The van der Waals surface area contributed by atoms with Crippen LogP contribution in [0.15, 0.2) is 88.7 Å². The smallest absolute Gasteiger partial charge is 0.294 e. The summed E-state index contributed by atoms with van der Waals surface area (Å²) >= 11 is 0. The van der Waals surface area contributed by atoms with Crippen molar-refractivity contribution in [1.29, 1.82) is 0 Å². The average Bonchev–Trinajstić information content (AvgIpc) is 3.37. The Kier molecular flexibility index (Phi) is 4.91. The number of furan rings is 1. The largest absolute Gasteiger partial charge is 0.503 e. The number of carbonyl (C=O) groups excluding carboxylic acids is 2. The molecule has 1 unspecified atom stereocenters. The van der Waals surface area contributed by atoms with E-state index in [9.17, 15) is 14.7 Å². The molecule has 0 saturated carbocycles. The predicted octanol–water partition coefficient (Wildman–Crippen LogP) is 4.46. The minimum Gasteiger partial charge on any atom is -0.503 e. The summed E-state index contributed by atoms with van der Waals surface area (Å²) in [5.41, 5.74) is 1.24. The average molecular weight is 389 g/mol. The van der Waals surface area contributed by atoms with Crippen LogP contribution in [0, 0.1) is 0 Å². The van der Waals surface area contributed by atoms with Gasteiger partial charge in [-0.2, -0.15) is 0 Å². The van der Waals surface area contributed by atoms with Gasteiger partial charge in [-0.1, -0.05) is 30.3 Å². The lowest BCUT2D eigenvalue weighted by Crippen LogP contribution is -2.31. The number of Topliss-reactive ketones (excluding diaryl/α,β-unsaturated/α-hetero) is 1. The third-order valence-corrected chi connectivity index (χ3v) is 4.74. The van der Waals surface area contributed by atoms with Crippen LogP contribution in [0.25, 0.3) is 0 Å². The molecule has 4 rings (SSSR count). The van der Waals surface area contributed by atoms with Gasteiger partial charge in [0.25, 0.3) is 5.91 Å². The molecule has 0 spiro atoms. The Balaban J connectivity index is 1.81. The number of carbonyl (C=O) groups is 2. The van der Waals surface area contributed by atoms with Gasteiger partial charge in [0.1, 0.15) is 5.75 Å². The fourth-order valence-corrected chi connectivity index (χ4v) is 3.46. The van der Waals surface area contributed by atoms with Gasteiger partial charge in [-0.3, -0.25) is 14.5 Å². The molecule has 0 saturated heterocycles. The molecule has 1 aliphatic heterocycles. The SMILES string of the molecule is CCOc1ccc(N2C(=O)C(O)=C(C(=O)c3ccco3)C2c2ccccc2)cc1. The van der Waals surface area contributed by atoms with Crippen molar-refractivity contribution in [2.75, 3.05) is 11.5 Å². The lowest BCUT2D eigenvalue weighted by molar-refractivity contribution is -0.117. The fraction of sp³-hybridized carbons (Fsp3) is 0.130. The first-order valence-electron chi connectivity index (χ1n) is 9.24. The zero-order valence-corrected chi connectivity index (χ0v) is 15.7. The van der Waals surface area contributed by atoms with Gasteiger partial charge < -0.3 is 14.3 Å². The Morgan fingerprint density at radius 1 is 1.07 bits per heavy atom. The molecular weight excluding hydrogens is 370 g/mol. The van der Waals surface area contributed by atoms with E-state index in [0.29, 0.717) is 23.6 Å². The highest BCUT2D eigenvalue weighted by atomic mass is 16.5. The second kappa shape index (κ2) is 7.67. The summed E-state index contributed by atoms with van der Waals surface area (Å²) in [4.78, 5) is 27.5. The minimum absolute atomic E-state index is 0.00923. The highest BCUT2D eigenvalue weighted by molar-refractivity contribution is 6.20. The molecule has 2 aromatic carbocycles. The number of amides is 1. The molecule has 1 amide bonds. The second-order valence-electron chi connectivity index (χ2n) is 6.48. The van der Waals surface area contributed by atoms with Gasteiger partial charge in [0.15, 0.2) is 11.5 Å². The van der Waals surface area contributed by atoms with Gasteiger partial charge in [0.2, 0.25) is 5.78 Å². The molecule has 29 heavy (non-hydrogen) atoms. The number of hydrogen-bond donors (Lipinski definition) is 1. The molecule has 6 heteroatoms. The molecule has 2 heterocycles. The topological polar surface area (TPSA) is 80.0 Å². The van der Waals surface area contributed by atoms with E-state index in [2.05, 4.69) is 0 Å². The van der Waals surface area contributed by atoms with Gasteiger partial charge >= 0.3 is 0 Å². The number of aliphatic hydroxyl groups is 1. The maximum absolute atomic E-state index is 13.1. The van der Waals surface area contributed by atoms with Crippen LogP contribution in [0.4, 0.5) is 5.69 Å². The number of nitrogens with zero attached hydrogens (tertiary/aromatic N) is 1. The van der Waals surface area contributed by atoms with Crippen LogP contribution in [-0.2, 0) is 4.79 Å². The summed E-state index contributed by atoms with van der Waals surface area (Å²) in [7, 11) is 0. The molecule has 6 nitrogen and oxygen atoms in total. The third kappa shape index (κ3) is 3.29. The Morgan fingerprint density at radius 2 is 1.79 bits per heavy atom. The van der Waals surface area contributed by atoms with Crippen molar-refractivity contribution in [3.63, 3.8) is 0 Å². The summed E-state index contributed by atoms with van der Waals surface area (Å²) < 4.78 is 10.7. The third-order valence-electron chi connectivity index (χ3n) is 4.74. The molecular formula is C23H19NO5. The highest BCUT2D eigenvalue weighted by Gasteiger charge is 2.45. The predicted molar refractivity (Wildman–Crippen MR) is 107 cm³/mol. The number of hydrogen-bond acceptors (Lipinski definition) is 5. The van der Waals surface area contributed by atoms with Crippen molar-refractivity contribution >= 4 is 17.4 Å². The molecule has 0 fully saturated rings. The lowest BCUT2D eigenvalue weighted by atomic mass is 9.95. The first-order valence-corrected chi connectivity index (χ1v) is 9.24.